The lowest BCUT2D eigenvalue weighted by Gasteiger charge is -2.20. The number of carbonyl (C=O) groups is 1. The van der Waals surface area contributed by atoms with E-state index in [2.05, 4.69) is 5.32 Å². The highest BCUT2D eigenvalue weighted by Crippen LogP contribution is 2.27. The zero-order valence-electron chi connectivity index (χ0n) is 12.0. The molecule has 0 radical (unpaired) electrons. The maximum Gasteiger partial charge on any atom is 0.417 e. The van der Waals surface area contributed by atoms with Gasteiger partial charge in [-0.15, -0.1) is 0 Å². The van der Waals surface area contributed by atoms with Gasteiger partial charge in [-0.1, -0.05) is 0 Å². The molecule has 22 heavy (non-hydrogen) atoms. The van der Waals surface area contributed by atoms with E-state index < -0.39 is 29.8 Å². The summed E-state index contributed by atoms with van der Waals surface area (Å²) in [4.78, 5) is 23.5. The molecule has 1 amide bonds. The summed E-state index contributed by atoms with van der Waals surface area (Å²) in [5.74, 6) is -0.524. The van der Waals surface area contributed by atoms with Gasteiger partial charge in [-0.05, 0) is 25.8 Å². The highest BCUT2D eigenvalue weighted by Gasteiger charge is 2.31. The van der Waals surface area contributed by atoms with Crippen molar-refractivity contribution >= 4 is 5.91 Å². The van der Waals surface area contributed by atoms with Crippen LogP contribution in [0.15, 0.2) is 23.1 Å². The maximum absolute atomic E-state index is 12.6. The summed E-state index contributed by atoms with van der Waals surface area (Å²) in [5, 5.41) is 2.65. The molecule has 2 rings (SSSR count). The predicted octanol–water partition coefficient (Wildman–Crippen LogP) is 1.55. The van der Waals surface area contributed by atoms with E-state index in [4.69, 9.17) is 4.74 Å². The summed E-state index contributed by atoms with van der Waals surface area (Å²) in [6.07, 6.45) is -2.26. The molecule has 1 aliphatic heterocycles. The van der Waals surface area contributed by atoms with E-state index in [9.17, 15) is 22.8 Å². The van der Waals surface area contributed by atoms with Gasteiger partial charge < -0.3 is 14.6 Å². The Kier molecular flexibility index (Phi) is 4.90. The third kappa shape index (κ3) is 4.09. The number of pyridine rings is 1. The molecular formula is C14H17F3N2O3. The minimum absolute atomic E-state index is 0.0952. The SMILES string of the molecule is C[C@@H](NC(=O)Cn1cc(C(F)(F)F)ccc1=O)[C@H]1CCCO1. The number of ether oxygens (including phenoxy) is 1. The average Bonchev–Trinajstić information content (AvgIpc) is 2.94. The molecular weight excluding hydrogens is 301 g/mol. The molecule has 0 aromatic carbocycles. The van der Waals surface area contributed by atoms with Crippen LogP contribution in [0.3, 0.4) is 0 Å². The zero-order chi connectivity index (χ0) is 16.3. The Morgan fingerprint density at radius 3 is 2.82 bits per heavy atom. The largest absolute Gasteiger partial charge is 0.417 e. The first-order valence-corrected chi connectivity index (χ1v) is 6.96. The molecule has 2 heterocycles. The number of hydrogen-bond donors (Lipinski definition) is 1. The van der Waals surface area contributed by atoms with Crippen LogP contribution in [-0.4, -0.2) is 29.2 Å². The molecule has 0 unspecified atom stereocenters. The standard InChI is InChI=1S/C14H17F3N2O3/c1-9(11-3-2-6-22-11)18-12(20)8-19-7-10(14(15,16)17)4-5-13(19)21/h4-5,7,9,11H,2-3,6,8H2,1H3,(H,18,20)/t9-,11-/m1/s1. The summed E-state index contributed by atoms with van der Waals surface area (Å²) in [5.41, 5.74) is -1.63. The van der Waals surface area contributed by atoms with Crippen molar-refractivity contribution in [3.05, 3.63) is 34.2 Å². The fourth-order valence-corrected chi connectivity index (χ4v) is 2.37. The monoisotopic (exact) mass is 318 g/mol. The second-order valence-corrected chi connectivity index (χ2v) is 5.29. The van der Waals surface area contributed by atoms with Gasteiger partial charge in [0, 0.05) is 18.9 Å². The molecule has 0 saturated carbocycles. The van der Waals surface area contributed by atoms with Gasteiger partial charge in [0.2, 0.25) is 5.91 Å². The normalized spacial score (nSPS) is 19.9. The van der Waals surface area contributed by atoms with Crippen LogP contribution in [0, 0.1) is 0 Å². The lowest BCUT2D eigenvalue weighted by molar-refractivity contribution is -0.138. The molecule has 0 bridgehead atoms. The third-order valence-electron chi connectivity index (χ3n) is 3.54. The summed E-state index contributed by atoms with van der Waals surface area (Å²) in [6.45, 7) is 1.95. The Hall–Kier alpha value is -1.83. The van der Waals surface area contributed by atoms with E-state index in [0.29, 0.717) is 18.9 Å². The van der Waals surface area contributed by atoms with E-state index in [1.807, 2.05) is 0 Å². The summed E-state index contributed by atoms with van der Waals surface area (Å²) in [7, 11) is 0. The highest BCUT2D eigenvalue weighted by atomic mass is 19.4. The molecule has 0 aliphatic carbocycles. The minimum Gasteiger partial charge on any atom is -0.376 e. The lowest BCUT2D eigenvalue weighted by atomic mass is 10.1. The van der Waals surface area contributed by atoms with Crippen molar-refractivity contribution in [1.29, 1.82) is 0 Å². The fourth-order valence-electron chi connectivity index (χ4n) is 2.37. The molecule has 1 aliphatic rings. The van der Waals surface area contributed by atoms with Crippen molar-refractivity contribution in [3.63, 3.8) is 0 Å². The number of rotatable bonds is 4. The average molecular weight is 318 g/mol. The number of nitrogens with zero attached hydrogens (tertiary/aromatic N) is 1. The van der Waals surface area contributed by atoms with E-state index in [1.54, 1.807) is 6.92 Å². The van der Waals surface area contributed by atoms with Gasteiger partial charge in [0.25, 0.3) is 5.56 Å². The highest BCUT2D eigenvalue weighted by molar-refractivity contribution is 5.76. The number of aromatic nitrogens is 1. The Labute approximate surface area is 125 Å². The van der Waals surface area contributed by atoms with Crippen LogP contribution in [-0.2, 0) is 22.3 Å². The second-order valence-electron chi connectivity index (χ2n) is 5.29. The fraction of sp³-hybridized carbons (Fsp3) is 0.571. The smallest absolute Gasteiger partial charge is 0.376 e. The van der Waals surface area contributed by atoms with Crippen LogP contribution in [0.25, 0.3) is 0 Å². The van der Waals surface area contributed by atoms with Gasteiger partial charge in [0.1, 0.15) is 6.54 Å². The van der Waals surface area contributed by atoms with E-state index in [1.165, 1.54) is 0 Å². The molecule has 0 spiro atoms. The summed E-state index contributed by atoms with van der Waals surface area (Å²) >= 11 is 0. The van der Waals surface area contributed by atoms with Gasteiger partial charge in [0.15, 0.2) is 0 Å². The second kappa shape index (κ2) is 6.51. The van der Waals surface area contributed by atoms with Gasteiger partial charge >= 0.3 is 6.18 Å². The topological polar surface area (TPSA) is 60.3 Å². The van der Waals surface area contributed by atoms with Gasteiger partial charge in [-0.3, -0.25) is 9.59 Å². The molecule has 1 saturated heterocycles. The quantitative estimate of drug-likeness (QED) is 0.916. The number of hydrogen-bond acceptors (Lipinski definition) is 3. The van der Waals surface area contributed by atoms with E-state index >= 15 is 0 Å². The predicted molar refractivity (Wildman–Crippen MR) is 72.3 cm³/mol. The Balaban J connectivity index is 2.03. The summed E-state index contributed by atoms with van der Waals surface area (Å²) in [6, 6.07) is 1.25. The van der Waals surface area contributed by atoms with Crippen LogP contribution in [0.1, 0.15) is 25.3 Å². The van der Waals surface area contributed by atoms with Crippen molar-refractivity contribution < 1.29 is 22.7 Å². The molecule has 2 atom stereocenters. The van der Waals surface area contributed by atoms with Crippen LogP contribution >= 0.6 is 0 Å². The first-order valence-electron chi connectivity index (χ1n) is 6.96. The Bertz CT molecular complexity index is 592. The molecule has 8 heteroatoms. The van der Waals surface area contributed by atoms with Crippen LogP contribution in [0.2, 0.25) is 0 Å². The van der Waals surface area contributed by atoms with Crippen LogP contribution in [0.5, 0.6) is 0 Å². The lowest BCUT2D eigenvalue weighted by Crippen LogP contribution is -2.43. The van der Waals surface area contributed by atoms with Crippen molar-refractivity contribution in [2.45, 2.75) is 44.6 Å². The van der Waals surface area contributed by atoms with Gasteiger partial charge in [-0.25, -0.2) is 0 Å². The maximum atomic E-state index is 12.6. The van der Waals surface area contributed by atoms with E-state index in [-0.39, 0.29) is 12.1 Å². The zero-order valence-corrected chi connectivity index (χ0v) is 12.0. The van der Waals surface area contributed by atoms with Gasteiger partial charge in [-0.2, -0.15) is 13.2 Å². The molecule has 1 fully saturated rings. The van der Waals surface area contributed by atoms with Crippen LogP contribution in [0.4, 0.5) is 13.2 Å². The number of nitrogens with one attached hydrogen (secondary N) is 1. The van der Waals surface area contributed by atoms with Crippen molar-refractivity contribution in [2.24, 2.45) is 0 Å². The first kappa shape index (κ1) is 16.5. The van der Waals surface area contributed by atoms with Gasteiger partial charge in [0.05, 0.1) is 17.7 Å². The van der Waals surface area contributed by atoms with Crippen molar-refractivity contribution in [1.82, 2.24) is 9.88 Å². The molecule has 5 nitrogen and oxygen atoms in total. The van der Waals surface area contributed by atoms with Crippen LogP contribution < -0.4 is 10.9 Å². The Morgan fingerprint density at radius 1 is 1.50 bits per heavy atom. The number of alkyl halides is 3. The molecule has 122 valence electrons. The first-order chi connectivity index (χ1) is 10.3. The number of amides is 1. The molecule has 1 aromatic heterocycles. The van der Waals surface area contributed by atoms with Crippen molar-refractivity contribution in [2.75, 3.05) is 6.61 Å². The van der Waals surface area contributed by atoms with Crippen molar-refractivity contribution in [3.8, 4) is 0 Å². The third-order valence-corrected chi connectivity index (χ3v) is 3.54. The van der Waals surface area contributed by atoms with E-state index in [0.717, 1.165) is 23.5 Å². The summed E-state index contributed by atoms with van der Waals surface area (Å²) < 4.78 is 44.0. The molecule has 1 aromatic rings. The minimum atomic E-state index is -4.56. The Morgan fingerprint density at radius 2 is 2.23 bits per heavy atom. The molecule has 1 N–H and O–H groups in total. The number of carbonyl (C=O) groups excluding carboxylic acids is 1. The number of halogens is 3.